The first kappa shape index (κ1) is 37.2. The van der Waals surface area contributed by atoms with Gasteiger partial charge in [-0.2, -0.15) is 0 Å². The summed E-state index contributed by atoms with van der Waals surface area (Å²) < 4.78 is 2.70. The number of benzene rings is 12. The molecule has 314 valence electrons. The van der Waals surface area contributed by atoms with Gasteiger partial charge in [0.25, 0.3) is 0 Å². The van der Waals surface area contributed by atoms with Crippen LogP contribution in [0.5, 0.6) is 0 Å². The average molecular weight is 852 g/mol. The predicted octanol–water partition coefficient (Wildman–Crippen LogP) is 18.0. The maximum atomic E-state index is 2.70. The van der Waals surface area contributed by atoms with Crippen LogP contribution in [0.3, 0.4) is 0 Å². The van der Waals surface area contributed by atoms with E-state index in [0.29, 0.717) is 0 Å². The van der Waals surface area contributed by atoms with Crippen molar-refractivity contribution in [3.8, 4) is 39.1 Å². The standard InChI is InChI=1S/C66H45N/c1-65(2)58-34-41(53-29-38-17-5-8-20-44(38)47-23-11-14-26-50(47)53)32-56-57-33-42(54-30-39-18-6-9-21-45(39)48-24-12-15-27-51(48)54)35-59-63(57)67(62(56)58)64-60(65)36-43(37-61(64)66(59,3)4)55-31-40-19-7-10-22-46(40)49-25-13-16-28-52(49)55/h5-37H,1-4H3. The van der Waals surface area contributed by atoms with E-state index in [-0.39, 0.29) is 10.8 Å². The van der Waals surface area contributed by atoms with Crippen LogP contribution in [0, 0.1) is 0 Å². The second kappa shape index (κ2) is 12.9. The molecule has 0 bridgehead atoms. The summed E-state index contributed by atoms with van der Waals surface area (Å²) in [6, 6.07) is 76.3. The molecule has 15 rings (SSSR count). The minimum atomic E-state index is -0.330. The molecule has 3 heterocycles. The van der Waals surface area contributed by atoms with Gasteiger partial charge < -0.3 is 4.57 Å². The highest BCUT2D eigenvalue weighted by Gasteiger charge is 2.44. The zero-order valence-corrected chi connectivity index (χ0v) is 38.0. The van der Waals surface area contributed by atoms with Crippen LogP contribution in [0.25, 0.3) is 126 Å². The molecule has 67 heavy (non-hydrogen) atoms. The molecule has 1 nitrogen and oxygen atoms in total. The second-order valence-electron chi connectivity index (χ2n) is 20.4. The van der Waals surface area contributed by atoms with Crippen molar-refractivity contribution in [3.05, 3.63) is 222 Å². The molecule has 12 aromatic carbocycles. The monoisotopic (exact) mass is 851 g/mol. The van der Waals surface area contributed by atoms with Gasteiger partial charge in [-0.3, -0.25) is 0 Å². The maximum Gasteiger partial charge on any atom is 0.0582 e. The molecule has 0 spiro atoms. The van der Waals surface area contributed by atoms with Crippen molar-refractivity contribution < 1.29 is 0 Å². The summed E-state index contributed by atoms with van der Waals surface area (Å²) in [6.07, 6.45) is 0. The third kappa shape index (κ3) is 4.83. The van der Waals surface area contributed by atoms with Gasteiger partial charge in [-0.15, -0.1) is 0 Å². The lowest BCUT2D eigenvalue weighted by atomic mass is 9.67. The van der Waals surface area contributed by atoms with Crippen molar-refractivity contribution in [2.75, 3.05) is 0 Å². The summed E-state index contributed by atoms with van der Waals surface area (Å²) in [7, 11) is 0. The Morgan fingerprint density at radius 2 is 0.552 bits per heavy atom. The van der Waals surface area contributed by atoms with Crippen molar-refractivity contribution in [2.24, 2.45) is 0 Å². The Kier molecular flexibility index (Phi) is 7.15. The molecular formula is C66H45N. The van der Waals surface area contributed by atoms with Gasteiger partial charge in [0, 0.05) is 21.6 Å². The summed E-state index contributed by atoms with van der Waals surface area (Å²) in [5.41, 5.74) is 16.5. The summed E-state index contributed by atoms with van der Waals surface area (Å²) >= 11 is 0. The highest BCUT2D eigenvalue weighted by molar-refractivity contribution is 6.21. The topological polar surface area (TPSA) is 4.93 Å². The molecule has 13 aromatic rings. The Labute approximate surface area is 389 Å². The maximum absolute atomic E-state index is 2.70. The Bertz CT molecular complexity index is 4170. The smallest absolute Gasteiger partial charge is 0.0582 e. The van der Waals surface area contributed by atoms with Gasteiger partial charge in [0.1, 0.15) is 0 Å². The first-order valence-electron chi connectivity index (χ1n) is 23.8. The lowest BCUT2D eigenvalue weighted by Gasteiger charge is -2.43. The van der Waals surface area contributed by atoms with E-state index in [4.69, 9.17) is 0 Å². The van der Waals surface area contributed by atoms with Crippen LogP contribution in [-0.2, 0) is 10.8 Å². The molecule has 0 atom stereocenters. The molecule has 0 fully saturated rings. The van der Waals surface area contributed by atoms with E-state index in [9.17, 15) is 0 Å². The van der Waals surface area contributed by atoms with Gasteiger partial charge in [-0.25, -0.2) is 0 Å². The van der Waals surface area contributed by atoms with E-state index in [0.717, 1.165) is 0 Å². The molecule has 0 saturated heterocycles. The van der Waals surface area contributed by atoms with Crippen molar-refractivity contribution in [1.82, 2.24) is 4.57 Å². The normalized spacial score (nSPS) is 14.5. The first-order chi connectivity index (χ1) is 32.7. The van der Waals surface area contributed by atoms with E-state index in [1.165, 1.54) is 148 Å². The summed E-state index contributed by atoms with van der Waals surface area (Å²) in [5.74, 6) is 0. The quantitative estimate of drug-likeness (QED) is 0.156. The number of rotatable bonds is 3. The van der Waals surface area contributed by atoms with Crippen molar-refractivity contribution in [2.45, 2.75) is 38.5 Å². The largest absolute Gasteiger partial charge is 0.308 e. The number of aromatic nitrogens is 1. The molecular weight excluding hydrogens is 807 g/mol. The molecule has 1 aromatic heterocycles. The van der Waals surface area contributed by atoms with Gasteiger partial charge in [0.05, 0.1) is 16.7 Å². The lowest BCUT2D eigenvalue weighted by molar-refractivity contribution is 0.594. The van der Waals surface area contributed by atoms with Crippen molar-refractivity contribution >= 4 is 86.4 Å². The molecule has 2 aliphatic rings. The molecule has 0 N–H and O–H groups in total. The fourth-order valence-corrected chi connectivity index (χ4v) is 12.9. The van der Waals surface area contributed by atoms with E-state index >= 15 is 0 Å². The molecule has 1 heteroatoms. The summed E-state index contributed by atoms with van der Waals surface area (Å²) in [5, 5.41) is 18.1. The fraction of sp³-hybridized carbons (Fsp3) is 0.0909. The molecule has 0 unspecified atom stereocenters. The van der Waals surface area contributed by atoms with Crippen LogP contribution >= 0.6 is 0 Å². The van der Waals surface area contributed by atoms with Crippen molar-refractivity contribution in [1.29, 1.82) is 0 Å². The molecule has 2 aliphatic heterocycles. The number of nitrogens with zero attached hydrogens (tertiary/aromatic N) is 1. The van der Waals surface area contributed by atoms with Crippen LogP contribution in [0.1, 0.15) is 49.9 Å². The zero-order valence-electron chi connectivity index (χ0n) is 38.0. The number of hydrogen-bond acceptors (Lipinski definition) is 0. The Morgan fingerprint density at radius 1 is 0.269 bits per heavy atom. The van der Waals surface area contributed by atoms with Crippen LogP contribution in [0.15, 0.2) is 200 Å². The average Bonchev–Trinajstić information content (AvgIpc) is 3.70. The lowest BCUT2D eigenvalue weighted by Crippen LogP contribution is -2.33. The van der Waals surface area contributed by atoms with E-state index in [1.54, 1.807) is 0 Å². The van der Waals surface area contributed by atoms with Crippen LogP contribution < -0.4 is 0 Å². The third-order valence-corrected chi connectivity index (χ3v) is 16.2. The molecule has 0 saturated carbocycles. The van der Waals surface area contributed by atoms with E-state index in [1.807, 2.05) is 0 Å². The molecule has 0 radical (unpaired) electrons. The Morgan fingerprint density at radius 3 is 0.910 bits per heavy atom. The fourth-order valence-electron chi connectivity index (χ4n) is 12.9. The van der Waals surface area contributed by atoms with Gasteiger partial charge in [-0.1, -0.05) is 173 Å². The van der Waals surface area contributed by atoms with Crippen LogP contribution in [0.2, 0.25) is 0 Å². The molecule has 0 amide bonds. The summed E-state index contributed by atoms with van der Waals surface area (Å²) in [6.45, 7) is 9.94. The minimum absolute atomic E-state index is 0.330. The highest BCUT2D eigenvalue weighted by atomic mass is 15.0. The number of hydrogen-bond donors (Lipinski definition) is 0. The summed E-state index contributed by atoms with van der Waals surface area (Å²) in [4.78, 5) is 0. The SMILES string of the molecule is CC1(C)c2cc(-c3cc4ccccc4c4ccccc34)cc3c2-n2c4c1cc(-c1cc5ccccc5c5ccccc15)cc4c1cc(-c4cc5ccccc5c5ccccc45)cc(c12)C3(C)C. The predicted molar refractivity (Wildman–Crippen MR) is 286 cm³/mol. The molecule has 0 aliphatic carbocycles. The van der Waals surface area contributed by atoms with E-state index in [2.05, 4.69) is 232 Å². The van der Waals surface area contributed by atoms with Gasteiger partial charge in [0.2, 0.25) is 0 Å². The first-order valence-corrected chi connectivity index (χ1v) is 23.8. The van der Waals surface area contributed by atoms with Gasteiger partial charge in [0.15, 0.2) is 0 Å². The van der Waals surface area contributed by atoms with Gasteiger partial charge in [-0.05, 0) is 175 Å². The highest BCUT2D eigenvalue weighted by Crippen LogP contribution is 2.58. The Balaban J connectivity index is 1.11. The second-order valence-corrected chi connectivity index (χ2v) is 20.4. The van der Waals surface area contributed by atoms with E-state index < -0.39 is 0 Å². The number of fused-ring (bicyclic) bond motifs is 10. The van der Waals surface area contributed by atoms with Gasteiger partial charge >= 0.3 is 0 Å². The van der Waals surface area contributed by atoms with Crippen molar-refractivity contribution in [3.63, 3.8) is 0 Å². The Hall–Kier alpha value is -8.00. The third-order valence-electron chi connectivity index (χ3n) is 16.2. The minimum Gasteiger partial charge on any atom is -0.308 e. The zero-order chi connectivity index (χ0) is 44.5. The van der Waals surface area contributed by atoms with Crippen LogP contribution in [-0.4, -0.2) is 4.57 Å². The van der Waals surface area contributed by atoms with Crippen LogP contribution in [0.4, 0.5) is 0 Å².